The van der Waals surface area contributed by atoms with E-state index in [9.17, 15) is 9.59 Å². The van der Waals surface area contributed by atoms with Crippen molar-refractivity contribution in [3.8, 4) is 11.5 Å². The van der Waals surface area contributed by atoms with Gasteiger partial charge in [-0.3, -0.25) is 9.59 Å². The Morgan fingerprint density at radius 3 is 1.68 bits per heavy atom. The smallest absolute Gasteiger partial charge is 0.303 e. The van der Waals surface area contributed by atoms with Crippen LogP contribution in [0, 0.1) is 0 Å². The summed E-state index contributed by atoms with van der Waals surface area (Å²) in [4.78, 5) is 21.0. The molecule has 0 spiro atoms. The highest BCUT2D eigenvalue weighted by atomic mass is 16.5. The highest BCUT2D eigenvalue weighted by Crippen LogP contribution is 2.27. The molecule has 0 aliphatic carbocycles. The van der Waals surface area contributed by atoms with E-state index in [0.717, 1.165) is 37.7 Å². The fraction of sp³-hybridized carbons (Fsp3) is 0.600. The molecule has 1 rings (SSSR count). The zero-order chi connectivity index (χ0) is 22.7. The second-order valence-electron chi connectivity index (χ2n) is 7.91. The Kier molecular flexibility index (Phi) is 14.7. The number of ether oxygens (including phenoxy) is 2. The van der Waals surface area contributed by atoms with Crippen molar-refractivity contribution in [1.82, 2.24) is 0 Å². The van der Waals surface area contributed by atoms with Gasteiger partial charge < -0.3 is 19.7 Å². The van der Waals surface area contributed by atoms with Gasteiger partial charge in [0.05, 0.1) is 6.61 Å². The number of hydrogen-bond acceptors (Lipinski definition) is 4. The maximum absolute atomic E-state index is 10.6. The maximum Gasteiger partial charge on any atom is 0.303 e. The molecule has 2 N–H and O–H groups in total. The quantitative estimate of drug-likeness (QED) is 0.186. The van der Waals surface area contributed by atoms with Gasteiger partial charge in [-0.15, -0.1) is 0 Å². The summed E-state index contributed by atoms with van der Waals surface area (Å²) in [6, 6.07) is 7.42. The number of rotatable bonds is 20. The van der Waals surface area contributed by atoms with E-state index in [2.05, 4.69) is 6.58 Å². The summed E-state index contributed by atoms with van der Waals surface area (Å²) in [6.07, 6.45) is 11.9. The van der Waals surface area contributed by atoms with Crippen molar-refractivity contribution in [2.45, 2.75) is 83.5 Å². The Bertz CT molecular complexity index is 655. The van der Waals surface area contributed by atoms with Gasteiger partial charge in [0.2, 0.25) is 0 Å². The summed E-state index contributed by atoms with van der Waals surface area (Å²) in [5.74, 6) is -0.235. The molecule has 0 saturated carbocycles. The van der Waals surface area contributed by atoms with Gasteiger partial charge in [-0.05, 0) is 43.4 Å². The fourth-order valence-corrected chi connectivity index (χ4v) is 3.23. The molecular formula is C25H38O6. The van der Waals surface area contributed by atoms with Crippen molar-refractivity contribution < 1.29 is 29.3 Å². The molecule has 31 heavy (non-hydrogen) atoms. The second-order valence-corrected chi connectivity index (χ2v) is 7.91. The molecule has 1 aromatic rings. The minimum absolute atomic E-state index is 0.0899. The zero-order valence-electron chi connectivity index (χ0n) is 18.7. The van der Waals surface area contributed by atoms with E-state index in [-0.39, 0.29) is 6.42 Å². The molecule has 0 fully saturated rings. The lowest BCUT2D eigenvalue weighted by molar-refractivity contribution is -0.138. The molecule has 0 heterocycles. The molecule has 0 aromatic heterocycles. The number of carbonyl (C=O) groups is 2. The van der Waals surface area contributed by atoms with Crippen molar-refractivity contribution in [3.63, 3.8) is 0 Å². The van der Waals surface area contributed by atoms with Crippen molar-refractivity contribution >= 4 is 11.9 Å². The van der Waals surface area contributed by atoms with Crippen LogP contribution in [0.4, 0.5) is 0 Å². The molecule has 0 atom stereocenters. The molecule has 0 unspecified atom stereocenters. The molecule has 6 heteroatoms. The average Bonchev–Trinajstić information content (AvgIpc) is 2.74. The highest BCUT2D eigenvalue weighted by Gasteiger charge is 2.06. The first-order valence-corrected chi connectivity index (χ1v) is 11.4. The van der Waals surface area contributed by atoms with Crippen LogP contribution >= 0.6 is 0 Å². The van der Waals surface area contributed by atoms with Gasteiger partial charge in [0.1, 0.15) is 6.61 Å². The van der Waals surface area contributed by atoms with E-state index in [0.29, 0.717) is 37.6 Å². The normalized spacial score (nSPS) is 10.6. The first kappa shape index (κ1) is 26.5. The first-order chi connectivity index (χ1) is 15.0. The van der Waals surface area contributed by atoms with Crippen LogP contribution in [0.25, 0.3) is 0 Å². The summed E-state index contributed by atoms with van der Waals surface area (Å²) in [5.41, 5.74) is 1.05. The number of unbranched alkanes of at least 4 members (excludes halogenated alkanes) is 8. The fourth-order valence-electron chi connectivity index (χ4n) is 3.23. The minimum Gasteiger partial charge on any atom is -0.490 e. The van der Waals surface area contributed by atoms with Crippen molar-refractivity contribution in [3.05, 3.63) is 36.4 Å². The largest absolute Gasteiger partial charge is 0.490 e. The van der Waals surface area contributed by atoms with Crippen LogP contribution in [0.1, 0.15) is 83.5 Å². The Morgan fingerprint density at radius 1 is 0.677 bits per heavy atom. The van der Waals surface area contributed by atoms with Crippen molar-refractivity contribution in [1.29, 1.82) is 0 Å². The average molecular weight is 435 g/mol. The van der Waals surface area contributed by atoms with Crippen LogP contribution in [0.15, 0.2) is 36.4 Å². The number of benzene rings is 1. The predicted octanol–water partition coefficient (Wildman–Crippen LogP) is 6.24. The molecule has 0 aliphatic heterocycles. The number of hydrogen-bond donors (Lipinski definition) is 2. The number of carboxylic acid groups (broad SMARTS) is 2. The third-order valence-corrected chi connectivity index (χ3v) is 4.99. The summed E-state index contributed by atoms with van der Waals surface area (Å²) in [6.45, 7) is 4.90. The molecule has 0 saturated heterocycles. The van der Waals surface area contributed by atoms with Gasteiger partial charge >= 0.3 is 11.9 Å². The molecule has 6 nitrogen and oxygen atoms in total. The second kappa shape index (κ2) is 17.2. The predicted molar refractivity (Wildman–Crippen MR) is 122 cm³/mol. The lowest BCUT2D eigenvalue weighted by atomic mass is 10.0. The van der Waals surface area contributed by atoms with Crippen LogP contribution in [-0.2, 0) is 9.59 Å². The summed E-state index contributed by atoms with van der Waals surface area (Å²) in [7, 11) is 0. The SMILES string of the molecule is C=C(CCCCCCCCCCCC(=O)O)COc1ccccc1OCCCC(=O)O. The lowest BCUT2D eigenvalue weighted by Gasteiger charge is -2.13. The standard InChI is InChI=1S/C25H38O6/c1-21(14-9-7-5-3-2-4-6-8-10-17-24(26)27)20-31-23-16-12-11-15-22(23)30-19-13-18-25(28)29/h11-12,15-16H,1-10,13-14,17-20H2,(H,26,27)(H,28,29). The van der Waals surface area contributed by atoms with Gasteiger partial charge in [-0.2, -0.15) is 0 Å². The van der Waals surface area contributed by atoms with E-state index < -0.39 is 11.9 Å². The molecule has 0 radical (unpaired) electrons. The molecule has 0 amide bonds. The molecular weight excluding hydrogens is 396 g/mol. The Balaban J connectivity index is 2.07. The summed E-state index contributed by atoms with van der Waals surface area (Å²) < 4.78 is 11.5. The van der Waals surface area contributed by atoms with Crippen LogP contribution < -0.4 is 9.47 Å². The summed E-state index contributed by atoms with van der Waals surface area (Å²) in [5, 5.41) is 17.3. The van der Waals surface area contributed by atoms with E-state index >= 15 is 0 Å². The van der Waals surface area contributed by atoms with E-state index in [1.807, 2.05) is 24.3 Å². The van der Waals surface area contributed by atoms with Gasteiger partial charge in [0.25, 0.3) is 0 Å². The first-order valence-electron chi connectivity index (χ1n) is 11.4. The van der Waals surface area contributed by atoms with Gasteiger partial charge in [0, 0.05) is 12.8 Å². The van der Waals surface area contributed by atoms with Gasteiger partial charge in [0.15, 0.2) is 11.5 Å². The molecule has 0 aliphatic rings. The van der Waals surface area contributed by atoms with Gasteiger partial charge in [-0.1, -0.05) is 63.7 Å². The number of carboxylic acids is 2. The maximum atomic E-state index is 10.6. The zero-order valence-corrected chi connectivity index (χ0v) is 18.7. The van der Waals surface area contributed by atoms with Crippen LogP contribution in [0.2, 0.25) is 0 Å². The Labute approximate surface area is 186 Å². The Hall–Kier alpha value is -2.50. The van der Waals surface area contributed by atoms with Crippen molar-refractivity contribution in [2.75, 3.05) is 13.2 Å². The van der Waals surface area contributed by atoms with Crippen LogP contribution in [0.3, 0.4) is 0 Å². The van der Waals surface area contributed by atoms with E-state index in [4.69, 9.17) is 19.7 Å². The molecule has 1 aromatic carbocycles. The van der Waals surface area contributed by atoms with E-state index in [1.54, 1.807) is 0 Å². The number of aliphatic carboxylic acids is 2. The third kappa shape index (κ3) is 15.0. The third-order valence-electron chi connectivity index (χ3n) is 4.99. The Morgan fingerprint density at radius 2 is 1.13 bits per heavy atom. The monoisotopic (exact) mass is 434 g/mol. The van der Waals surface area contributed by atoms with E-state index in [1.165, 1.54) is 32.1 Å². The summed E-state index contributed by atoms with van der Waals surface area (Å²) >= 11 is 0. The van der Waals surface area contributed by atoms with Crippen LogP contribution in [0.5, 0.6) is 11.5 Å². The molecule has 174 valence electrons. The molecule has 0 bridgehead atoms. The van der Waals surface area contributed by atoms with Crippen LogP contribution in [-0.4, -0.2) is 35.4 Å². The minimum atomic E-state index is -0.822. The van der Waals surface area contributed by atoms with Gasteiger partial charge in [-0.25, -0.2) is 0 Å². The topological polar surface area (TPSA) is 93.1 Å². The highest BCUT2D eigenvalue weighted by molar-refractivity contribution is 5.66. The lowest BCUT2D eigenvalue weighted by Crippen LogP contribution is -2.05. The number of para-hydroxylation sites is 2. The van der Waals surface area contributed by atoms with Crippen molar-refractivity contribution in [2.24, 2.45) is 0 Å².